The zero-order chi connectivity index (χ0) is 64.1. The highest BCUT2D eigenvalue weighted by Gasteiger charge is 2.24. The molecule has 0 aromatic carbocycles. The number of nitrogens with zero attached hydrogens (tertiary/aromatic N) is 1. The fourth-order valence-electron chi connectivity index (χ4n) is 10.3. The van der Waals surface area contributed by atoms with Crippen LogP contribution in [-0.4, -0.2) is 68.5 Å². The molecule has 0 rings (SSSR count). The lowest BCUT2D eigenvalue weighted by molar-refractivity contribution is -0.870. The number of phosphoric ester groups is 1. The Balaban J connectivity index is 4.16. The van der Waals surface area contributed by atoms with Crippen LogP contribution in [0.5, 0.6) is 0 Å². The molecule has 0 radical (unpaired) electrons. The predicted molar refractivity (Wildman–Crippen MR) is 385 cm³/mol. The van der Waals surface area contributed by atoms with Crippen molar-refractivity contribution in [1.82, 2.24) is 5.32 Å². The lowest BCUT2D eigenvalue weighted by Gasteiger charge is -2.30. The van der Waals surface area contributed by atoms with Gasteiger partial charge < -0.3 is 28.8 Å². The number of allylic oxidation sites excluding steroid dienone is 22. The zero-order valence-electron chi connectivity index (χ0n) is 57.9. The van der Waals surface area contributed by atoms with Crippen LogP contribution in [0.25, 0.3) is 0 Å². The number of hydrogen-bond donors (Lipinski definition) is 2. The maximum Gasteiger partial charge on any atom is 0.268 e. The number of phosphoric acid groups is 1. The summed E-state index contributed by atoms with van der Waals surface area (Å²) in [6, 6.07) is -0.831. The number of unbranched alkanes of at least 4 members (excludes halogenated alkanes) is 31. The van der Waals surface area contributed by atoms with Gasteiger partial charge in [0.25, 0.3) is 7.82 Å². The summed E-state index contributed by atoms with van der Waals surface area (Å²) >= 11 is 0. The Labute approximate surface area is 545 Å². The summed E-state index contributed by atoms with van der Waals surface area (Å²) in [5.41, 5.74) is 0. The average Bonchev–Trinajstić information content (AvgIpc) is 3.70. The first-order valence-electron chi connectivity index (χ1n) is 36.5. The molecule has 0 spiro atoms. The molecule has 8 nitrogen and oxygen atoms in total. The van der Waals surface area contributed by atoms with Crippen LogP contribution in [0.4, 0.5) is 0 Å². The minimum Gasteiger partial charge on any atom is -0.756 e. The zero-order valence-corrected chi connectivity index (χ0v) is 58.8. The first-order chi connectivity index (χ1) is 43.0. The van der Waals surface area contributed by atoms with Crippen LogP contribution in [0, 0.1) is 0 Å². The van der Waals surface area contributed by atoms with Gasteiger partial charge >= 0.3 is 0 Å². The van der Waals surface area contributed by atoms with Gasteiger partial charge in [-0.25, -0.2) is 0 Å². The van der Waals surface area contributed by atoms with E-state index in [1.165, 1.54) is 167 Å². The van der Waals surface area contributed by atoms with Crippen molar-refractivity contribution >= 4 is 13.7 Å². The summed E-state index contributed by atoms with van der Waals surface area (Å²) in [6.07, 6.45) is 103. The van der Waals surface area contributed by atoms with Gasteiger partial charge in [-0.2, -0.15) is 0 Å². The number of quaternary nitrogens is 1. The summed E-state index contributed by atoms with van der Waals surface area (Å²) in [5, 5.41) is 14.1. The Bertz CT molecular complexity index is 1900. The van der Waals surface area contributed by atoms with E-state index in [1.54, 1.807) is 0 Å². The van der Waals surface area contributed by atoms with Crippen molar-refractivity contribution in [3.8, 4) is 0 Å². The van der Waals surface area contributed by atoms with Crippen LogP contribution in [0.1, 0.15) is 309 Å². The van der Waals surface area contributed by atoms with Gasteiger partial charge in [0.1, 0.15) is 13.2 Å². The lowest BCUT2D eigenvalue weighted by atomic mass is 10.0. The van der Waals surface area contributed by atoms with E-state index in [-0.39, 0.29) is 19.1 Å². The fraction of sp³-hybridized carbons (Fsp3) is 0.709. The van der Waals surface area contributed by atoms with Gasteiger partial charge in [-0.1, -0.05) is 340 Å². The summed E-state index contributed by atoms with van der Waals surface area (Å²) in [4.78, 5) is 25.7. The molecule has 9 heteroatoms. The molecule has 3 atom stereocenters. The van der Waals surface area contributed by atoms with E-state index in [1.807, 2.05) is 21.1 Å². The molecule has 0 aliphatic heterocycles. The van der Waals surface area contributed by atoms with Crippen molar-refractivity contribution in [3.63, 3.8) is 0 Å². The third-order valence-electron chi connectivity index (χ3n) is 15.9. The molecular weight excluding hydrogens is 1100 g/mol. The molecule has 1 amide bonds. The molecule has 0 bridgehead atoms. The Morgan fingerprint density at radius 3 is 1.00 bits per heavy atom. The molecule has 0 aromatic rings. The SMILES string of the molecule is CC/C=C\C/C=C\C/C=C\C/C=C\C/C=C\C/C=C\C/C=C\C/C=C\C/C=C\C/C=C\C/C=C\CCCCCC(=O)NC(COP(=O)([O-])OCC[N+](C)(C)C)C(O)CCCCCCCCCCCCCCCCCCCCCCCCCCCCCCC. The number of nitrogens with one attached hydrogen (secondary N) is 1. The Morgan fingerprint density at radius 1 is 0.409 bits per heavy atom. The monoisotopic (exact) mass is 1240 g/mol. The molecule has 88 heavy (non-hydrogen) atoms. The molecule has 0 saturated carbocycles. The summed E-state index contributed by atoms with van der Waals surface area (Å²) in [7, 11) is 1.27. The van der Waals surface area contributed by atoms with Crippen LogP contribution in [0.2, 0.25) is 0 Å². The second-order valence-corrected chi connectivity index (χ2v) is 27.0. The second kappa shape index (κ2) is 68.0. The first-order valence-corrected chi connectivity index (χ1v) is 38.0. The Kier molecular flexibility index (Phi) is 65.4. The largest absolute Gasteiger partial charge is 0.756 e. The van der Waals surface area contributed by atoms with Crippen LogP contribution < -0.4 is 10.2 Å². The molecule has 3 unspecified atom stereocenters. The van der Waals surface area contributed by atoms with Crippen molar-refractivity contribution < 1.29 is 32.9 Å². The van der Waals surface area contributed by atoms with Gasteiger partial charge in [-0.15, -0.1) is 0 Å². The van der Waals surface area contributed by atoms with E-state index in [0.29, 0.717) is 23.9 Å². The third kappa shape index (κ3) is 70.1. The summed E-state index contributed by atoms with van der Waals surface area (Å²) in [6.45, 7) is 4.60. The van der Waals surface area contributed by atoms with Gasteiger partial charge in [0.15, 0.2) is 0 Å². The van der Waals surface area contributed by atoms with Crippen LogP contribution in [0.3, 0.4) is 0 Å². The van der Waals surface area contributed by atoms with Crippen molar-refractivity contribution in [2.75, 3.05) is 40.9 Å². The van der Waals surface area contributed by atoms with E-state index in [0.717, 1.165) is 116 Å². The minimum absolute atomic E-state index is 0.00118. The van der Waals surface area contributed by atoms with Gasteiger partial charge in [0, 0.05) is 6.42 Å². The molecule has 0 aromatic heterocycles. The van der Waals surface area contributed by atoms with Crippen molar-refractivity contribution in [2.45, 2.75) is 321 Å². The van der Waals surface area contributed by atoms with E-state index >= 15 is 0 Å². The van der Waals surface area contributed by atoms with E-state index in [2.05, 4.69) is 153 Å². The number of aliphatic hydroxyl groups is 1. The second-order valence-electron chi connectivity index (χ2n) is 25.6. The van der Waals surface area contributed by atoms with Crippen molar-refractivity contribution in [1.29, 1.82) is 0 Å². The molecule has 506 valence electrons. The van der Waals surface area contributed by atoms with Crippen LogP contribution >= 0.6 is 7.82 Å². The van der Waals surface area contributed by atoms with E-state index in [9.17, 15) is 19.4 Å². The Hall–Kier alpha value is -3.36. The normalized spacial score (nSPS) is 14.4. The quantitative estimate of drug-likeness (QED) is 0.0272. The smallest absolute Gasteiger partial charge is 0.268 e. The third-order valence-corrected chi connectivity index (χ3v) is 16.9. The topological polar surface area (TPSA) is 108 Å². The predicted octanol–water partition coefficient (Wildman–Crippen LogP) is 23.1. The number of carbonyl (C=O) groups excluding carboxylic acids is 1. The maximum atomic E-state index is 13.1. The standard InChI is InChI=1S/C79H139N2O6P/c1-6-8-10-12-14-16-18-20-22-24-26-28-30-32-34-36-37-38-39-40-41-42-43-45-47-49-51-53-55-57-59-61-63-65-67-69-71-73-79(83)80-77(76-87-88(84,85)86-75-74-81(3,4)5)78(82)72-70-68-66-64-62-60-58-56-54-52-50-48-46-44-35-33-31-29-27-25-23-21-19-17-15-13-11-9-7-2/h8,10,14,16,20,22,26,28,32,34,37-38,40-41,43,45,49,51,55,57,61,63,77-78,82H,6-7,9,11-13,15,17-19,21,23-25,27,29-31,33,35-36,39,42,44,46-48,50,52-54,56,58-60,62,64-76H2,1-5H3,(H-,80,83,84,85)/b10-8-,16-14-,22-20-,28-26-,34-32-,38-37-,41-40-,45-43-,51-49-,57-55-,63-61-. The maximum absolute atomic E-state index is 13.1. The number of aliphatic hydroxyl groups excluding tert-OH is 1. The highest BCUT2D eigenvalue weighted by molar-refractivity contribution is 7.45. The number of amides is 1. The minimum atomic E-state index is -4.60. The molecule has 0 heterocycles. The van der Waals surface area contributed by atoms with Crippen molar-refractivity contribution in [2.24, 2.45) is 0 Å². The molecule has 2 N–H and O–H groups in total. The van der Waals surface area contributed by atoms with Gasteiger partial charge in [-0.05, 0) is 96.3 Å². The number of rotatable bonds is 66. The van der Waals surface area contributed by atoms with Crippen LogP contribution in [0.15, 0.2) is 134 Å². The first kappa shape index (κ1) is 84.6. The molecule has 0 aliphatic rings. The number of likely N-dealkylation sites (N-methyl/N-ethyl adjacent to an activating group) is 1. The molecule has 0 aliphatic carbocycles. The summed E-state index contributed by atoms with van der Waals surface area (Å²) < 4.78 is 23.5. The molecule has 0 fully saturated rings. The van der Waals surface area contributed by atoms with E-state index in [4.69, 9.17) is 9.05 Å². The fourth-order valence-corrected chi connectivity index (χ4v) is 11.0. The average molecular weight is 1240 g/mol. The lowest BCUT2D eigenvalue weighted by Crippen LogP contribution is -2.46. The summed E-state index contributed by atoms with van der Waals surface area (Å²) in [5.74, 6) is -0.198. The molecular formula is C79H139N2O6P. The van der Waals surface area contributed by atoms with Crippen LogP contribution in [-0.2, 0) is 18.4 Å². The van der Waals surface area contributed by atoms with Gasteiger partial charge in [0.05, 0.1) is 39.9 Å². The van der Waals surface area contributed by atoms with Gasteiger partial charge in [-0.3, -0.25) is 9.36 Å². The number of carbonyl (C=O) groups is 1. The highest BCUT2D eigenvalue weighted by Crippen LogP contribution is 2.38. The van der Waals surface area contributed by atoms with Crippen molar-refractivity contribution in [3.05, 3.63) is 134 Å². The molecule has 0 saturated heterocycles. The van der Waals surface area contributed by atoms with E-state index < -0.39 is 20.0 Å². The Morgan fingerprint density at radius 2 is 0.693 bits per heavy atom. The van der Waals surface area contributed by atoms with Gasteiger partial charge in [0.2, 0.25) is 5.91 Å². The number of hydrogen-bond acceptors (Lipinski definition) is 6. The highest BCUT2D eigenvalue weighted by atomic mass is 31.2.